The van der Waals surface area contributed by atoms with Crippen LogP contribution in [-0.2, 0) is 0 Å². The molecule has 2 heterocycles. The average Bonchev–Trinajstić information content (AvgIpc) is 2.80. The third kappa shape index (κ3) is 2.29. The lowest BCUT2D eigenvalue weighted by atomic mass is 10.0. The Morgan fingerprint density at radius 3 is 2.95 bits per heavy atom. The van der Waals surface area contributed by atoms with Crippen LogP contribution in [0.15, 0.2) is 47.2 Å². The Morgan fingerprint density at radius 2 is 2.16 bits per heavy atom. The van der Waals surface area contributed by atoms with Crippen molar-refractivity contribution in [3.63, 3.8) is 0 Å². The minimum atomic E-state index is -0.0811. The number of nitrogens with one attached hydrogen (secondary N) is 1. The van der Waals surface area contributed by atoms with Crippen LogP contribution >= 0.6 is 27.5 Å². The average molecular weight is 336 g/mol. The highest BCUT2D eigenvalue weighted by molar-refractivity contribution is 9.10. The second kappa shape index (κ2) is 4.79. The second-order valence-corrected chi connectivity index (χ2v) is 5.44. The standard InChI is InChI=1S/C14H8BrClN2O/c15-9-4-8(5-10(16)6-9)13(19)12-7-18-14-11(12)2-1-3-17-14/h1-7H,(H,17,18). The molecule has 0 unspecified atom stereocenters. The molecule has 0 atom stereocenters. The SMILES string of the molecule is O=C(c1cc(Cl)cc(Br)c1)c1c[nH]c2ncccc12. The van der Waals surface area contributed by atoms with Crippen molar-refractivity contribution in [3.05, 3.63) is 63.3 Å². The van der Waals surface area contributed by atoms with Gasteiger partial charge in [0, 0.05) is 38.4 Å². The molecule has 0 aliphatic heterocycles. The van der Waals surface area contributed by atoms with Gasteiger partial charge < -0.3 is 4.98 Å². The first-order valence-corrected chi connectivity index (χ1v) is 6.75. The fraction of sp³-hybridized carbons (Fsp3) is 0. The molecule has 0 spiro atoms. The number of aromatic nitrogens is 2. The van der Waals surface area contributed by atoms with Crippen molar-refractivity contribution in [2.75, 3.05) is 0 Å². The Balaban J connectivity index is 2.13. The second-order valence-electron chi connectivity index (χ2n) is 4.09. The number of hydrogen-bond acceptors (Lipinski definition) is 2. The fourth-order valence-electron chi connectivity index (χ4n) is 1.98. The summed E-state index contributed by atoms with van der Waals surface area (Å²) in [6.07, 6.45) is 3.36. The molecule has 5 heteroatoms. The Kier molecular flexibility index (Phi) is 3.12. The smallest absolute Gasteiger partial charge is 0.195 e. The molecule has 1 N–H and O–H groups in total. The van der Waals surface area contributed by atoms with Crippen molar-refractivity contribution < 1.29 is 4.79 Å². The lowest BCUT2D eigenvalue weighted by molar-refractivity contribution is 0.104. The summed E-state index contributed by atoms with van der Waals surface area (Å²) < 4.78 is 0.779. The van der Waals surface area contributed by atoms with Gasteiger partial charge in [0.15, 0.2) is 5.78 Å². The quantitative estimate of drug-likeness (QED) is 0.713. The number of aromatic amines is 1. The molecule has 3 rings (SSSR count). The Labute approximate surface area is 122 Å². The number of carbonyl (C=O) groups is 1. The Morgan fingerprint density at radius 1 is 1.32 bits per heavy atom. The zero-order valence-corrected chi connectivity index (χ0v) is 12.0. The summed E-state index contributed by atoms with van der Waals surface area (Å²) in [4.78, 5) is 19.7. The van der Waals surface area contributed by atoms with E-state index < -0.39 is 0 Å². The van der Waals surface area contributed by atoms with E-state index in [1.165, 1.54) is 0 Å². The van der Waals surface area contributed by atoms with E-state index in [2.05, 4.69) is 25.9 Å². The predicted octanol–water partition coefficient (Wildman–Crippen LogP) is 4.21. The summed E-state index contributed by atoms with van der Waals surface area (Å²) in [6, 6.07) is 8.83. The highest BCUT2D eigenvalue weighted by atomic mass is 79.9. The molecular weight excluding hydrogens is 328 g/mol. The van der Waals surface area contributed by atoms with Crippen LogP contribution in [-0.4, -0.2) is 15.8 Å². The van der Waals surface area contributed by atoms with Gasteiger partial charge in [0.25, 0.3) is 0 Å². The van der Waals surface area contributed by atoms with Gasteiger partial charge in [0.05, 0.1) is 0 Å². The number of ketones is 1. The van der Waals surface area contributed by atoms with Gasteiger partial charge in [-0.25, -0.2) is 4.98 Å². The number of fused-ring (bicyclic) bond motifs is 1. The third-order valence-corrected chi connectivity index (χ3v) is 3.50. The van der Waals surface area contributed by atoms with Gasteiger partial charge >= 0.3 is 0 Å². The molecule has 0 saturated carbocycles. The topological polar surface area (TPSA) is 45.8 Å². The first-order valence-electron chi connectivity index (χ1n) is 5.58. The first kappa shape index (κ1) is 12.4. The van der Waals surface area contributed by atoms with Crippen molar-refractivity contribution in [2.24, 2.45) is 0 Å². The van der Waals surface area contributed by atoms with Gasteiger partial charge in [0.2, 0.25) is 0 Å². The number of halogens is 2. The van der Waals surface area contributed by atoms with E-state index in [0.29, 0.717) is 21.8 Å². The normalized spacial score (nSPS) is 10.8. The fourth-order valence-corrected chi connectivity index (χ4v) is 2.84. The van der Waals surface area contributed by atoms with E-state index >= 15 is 0 Å². The molecule has 0 amide bonds. The van der Waals surface area contributed by atoms with Gasteiger partial charge in [0.1, 0.15) is 5.65 Å². The molecule has 2 aromatic heterocycles. The molecule has 3 nitrogen and oxygen atoms in total. The van der Waals surface area contributed by atoms with Gasteiger partial charge in [-0.1, -0.05) is 27.5 Å². The van der Waals surface area contributed by atoms with Crippen molar-refractivity contribution in [3.8, 4) is 0 Å². The number of nitrogens with zero attached hydrogens (tertiary/aromatic N) is 1. The lowest BCUT2D eigenvalue weighted by Crippen LogP contribution is -2.00. The summed E-state index contributed by atoms with van der Waals surface area (Å²) in [6.45, 7) is 0. The predicted molar refractivity (Wildman–Crippen MR) is 78.7 cm³/mol. The van der Waals surface area contributed by atoms with Gasteiger partial charge in [-0.2, -0.15) is 0 Å². The molecule has 1 aromatic carbocycles. The highest BCUT2D eigenvalue weighted by Gasteiger charge is 2.15. The maximum Gasteiger partial charge on any atom is 0.195 e. The van der Waals surface area contributed by atoms with Crippen LogP contribution < -0.4 is 0 Å². The van der Waals surface area contributed by atoms with Crippen LogP contribution in [0.2, 0.25) is 5.02 Å². The molecule has 0 aliphatic carbocycles. The number of rotatable bonds is 2. The van der Waals surface area contributed by atoms with E-state index in [1.807, 2.05) is 6.07 Å². The lowest BCUT2D eigenvalue weighted by Gasteiger charge is -2.02. The monoisotopic (exact) mass is 334 g/mol. The first-order chi connectivity index (χ1) is 9.15. The molecule has 94 valence electrons. The number of hydrogen-bond donors (Lipinski definition) is 1. The molecule has 19 heavy (non-hydrogen) atoms. The van der Waals surface area contributed by atoms with Gasteiger partial charge in [-0.15, -0.1) is 0 Å². The number of H-pyrrole nitrogens is 1. The molecule has 0 saturated heterocycles. The van der Waals surface area contributed by atoms with Crippen molar-refractivity contribution in [1.82, 2.24) is 9.97 Å². The molecule has 0 fully saturated rings. The summed E-state index contributed by atoms with van der Waals surface area (Å²) in [5.74, 6) is -0.0811. The molecular formula is C14H8BrClN2O. The Bertz CT molecular complexity index is 762. The van der Waals surface area contributed by atoms with Crippen molar-refractivity contribution >= 4 is 44.3 Å². The summed E-state index contributed by atoms with van der Waals surface area (Å²) in [5, 5.41) is 1.33. The van der Waals surface area contributed by atoms with E-state index in [-0.39, 0.29) is 5.78 Å². The summed E-state index contributed by atoms with van der Waals surface area (Å²) in [5.41, 5.74) is 1.84. The maximum absolute atomic E-state index is 12.5. The van der Waals surface area contributed by atoms with Gasteiger partial charge in [-0.3, -0.25) is 4.79 Å². The Hall–Kier alpha value is -1.65. The van der Waals surface area contributed by atoms with E-state index in [1.54, 1.807) is 36.7 Å². The number of pyridine rings is 1. The summed E-state index contributed by atoms with van der Waals surface area (Å²) in [7, 11) is 0. The van der Waals surface area contributed by atoms with Crippen LogP contribution in [0.25, 0.3) is 11.0 Å². The molecule has 0 bridgehead atoms. The molecule has 0 aliphatic rings. The van der Waals surface area contributed by atoms with E-state index in [0.717, 1.165) is 9.86 Å². The van der Waals surface area contributed by atoms with Crippen LogP contribution in [0.5, 0.6) is 0 Å². The largest absolute Gasteiger partial charge is 0.345 e. The van der Waals surface area contributed by atoms with Crippen LogP contribution in [0.3, 0.4) is 0 Å². The van der Waals surface area contributed by atoms with Crippen molar-refractivity contribution in [1.29, 1.82) is 0 Å². The number of benzene rings is 1. The maximum atomic E-state index is 12.5. The van der Waals surface area contributed by atoms with Crippen LogP contribution in [0.1, 0.15) is 15.9 Å². The minimum absolute atomic E-state index is 0.0811. The molecule has 0 radical (unpaired) electrons. The highest BCUT2D eigenvalue weighted by Crippen LogP contribution is 2.24. The van der Waals surface area contributed by atoms with E-state index in [4.69, 9.17) is 11.6 Å². The van der Waals surface area contributed by atoms with Gasteiger partial charge in [-0.05, 0) is 30.3 Å². The number of carbonyl (C=O) groups excluding carboxylic acids is 1. The zero-order valence-electron chi connectivity index (χ0n) is 9.65. The minimum Gasteiger partial charge on any atom is -0.345 e. The van der Waals surface area contributed by atoms with Crippen molar-refractivity contribution in [2.45, 2.75) is 0 Å². The third-order valence-electron chi connectivity index (χ3n) is 2.82. The van der Waals surface area contributed by atoms with Crippen LogP contribution in [0, 0.1) is 0 Å². The molecule has 3 aromatic rings. The summed E-state index contributed by atoms with van der Waals surface area (Å²) >= 11 is 9.31. The van der Waals surface area contributed by atoms with E-state index in [9.17, 15) is 4.79 Å². The van der Waals surface area contributed by atoms with Crippen LogP contribution in [0.4, 0.5) is 0 Å². The zero-order chi connectivity index (χ0) is 13.4.